The van der Waals surface area contributed by atoms with Gasteiger partial charge in [-0.1, -0.05) is 30.3 Å². The van der Waals surface area contributed by atoms with E-state index in [2.05, 4.69) is 0 Å². The minimum atomic E-state index is -0.585. The molecule has 2 unspecified atom stereocenters. The van der Waals surface area contributed by atoms with Gasteiger partial charge in [-0.15, -0.1) is 0 Å². The summed E-state index contributed by atoms with van der Waals surface area (Å²) in [6, 6.07) is 14.7. The zero-order valence-electron chi connectivity index (χ0n) is 15.1. The topological polar surface area (TPSA) is 90.7 Å². The molecule has 2 rings (SSSR count). The summed E-state index contributed by atoms with van der Waals surface area (Å²) in [5, 5.41) is 10.3. The third-order valence-corrected chi connectivity index (χ3v) is 4.63. The van der Waals surface area contributed by atoms with Crippen LogP contribution in [0, 0.1) is 5.92 Å². The average Bonchev–Trinajstić information content (AvgIpc) is 2.65. The minimum absolute atomic E-state index is 0.187. The Hall–Kier alpha value is -2.08. The number of hydrogen-bond acceptors (Lipinski definition) is 5. The molecule has 0 bridgehead atoms. The van der Waals surface area contributed by atoms with Crippen molar-refractivity contribution >= 4 is 0 Å². The predicted molar refractivity (Wildman–Crippen MR) is 99.6 cm³/mol. The fourth-order valence-corrected chi connectivity index (χ4v) is 3.12. The molecule has 4 atom stereocenters. The van der Waals surface area contributed by atoms with Crippen LogP contribution in [-0.4, -0.2) is 25.4 Å². The van der Waals surface area contributed by atoms with E-state index >= 15 is 0 Å². The van der Waals surface area contributed by atoms with Crippen LogP contribution >= 0.6 is 0 Å². The highest BCUT2D eigenvalue weighted by molar-refractivity contribution is 5.42. The van der Waals surface area contributed by atoms with Gasteiger partial charge in [0.15, 0.2) is 0 Å². The summed E-state index contributed by atoms with van der Waals surface area (Å²) < 4.78 is 10.7. The SMILES string of the molecule is COc1ccc(OC)c(C(N)C[C@@H](C(N)c2ccccc2)[C@@H](C)O)c1. The molecule has 25 heavy (non-hydrogen) atoms. The van der Waals surface area contributed by atoms with E-state index < -0.39 is 6.10 Å². The summed E-state index contributed by atoms with van der Waals surface area (Å²) >= 11 is 0. The van der Waals surface area contributed by atoms with Crippen molar-refractivity contribution in [3.63, 3.8) is 0 Å². The van der Waals surface area contributed by atoms with E-state index in [4.69, 9.17) is 20.9 Å². The van der Waals surface area contributed by atoms with Gasteiger partial charge < -0.3 is 26.0 Å². The smallest absolute Gasteiger partial charge is 0.123 e. The third-order valence-electron chi connectivity index (χ3n) is 4.63. The Balaban J connectivity index is 2.25. The maximum atomic E-state index is 10.3. The van der Waals surface area contributed by atoms with Crippen LogP contribution in [0.15, 0.2) is 48.5 Å². The first kappa shape index (κ1) is 19.2. The summed E-state index contributed by atoms with van der Waals surface area (Å²) in [7, 11) is 3.22. The number of benzene rings is 2. The Labute approximate surface area is 149 Å². The predicted octanol–water partition coefficient (Wildman–Crippen LogP) is 2.79. The van der Waals surface area contributed by atoms with E-state index in [0.29, 0.717) is 17.9 Å². The number of hydrogen-bond donors (Lipinski definition) is 3. The van der Waals surface area contributed by atoms with Crippen molar-refractivity contribution in [1.29, 1.82) is 0 Å². The number of aliphatic hydroxyl groups is 1. The Morgan fingerprint density at radius 3 is 2.24 bits per heavy atom. The van der Waals surface area contributed by atoms with Crippen molar-refractivity contribution in [1.82, 2.24) is 0 Å². The van der Waals surface area contributed by atoms with E-state index in [0.717, 1.165) is 11.1 Å². The molecule has 5 nitrogen and oxygen atoms in total. The number of ether oxygens (including phenoxy) is 2. The van der Waals surface area contributed by atoms with Crippen molar-refractivity contribution in [2.75, 3.05) is 14.2 Å². The number of methoxy groups -OCH3 is 2. The van der Waals surface area contributed by atoms with E-state index in [-0.39, 0.29) is 18.0 Å². The van der Waals surface area contributed by atoms with E-state index in [1.807, 2.05) is 48.5 Å². The molecule has 5 heteroatoms. The Morgan fingerprint density at radius 1 is 1.00 bits per heavy atom. The fourth-order valence-electron chi connectivity index (χ4n) is 3.12. The van der Waals surface area contributed by atoms with Crippen molar-refractivity contribution < 1.29 is 14.6 Å². The quantitative estimate of drug-likeness (QED) is 0.685. The Bertz CT molecular complexity index is 661. The van der Waals surface area contributed by atoms with Crippen molar-refractivity contribution in [3.8, 4) is 11.5 Å². The molecule has 0 aliphatic rings. The summed E-state index contributed by atoms with van der Waals surface area (Å²) in [6.07, 6.45) is -0.0603. The van der Waals surface area contributed by atoms with E-state index in [1.54, 1.807) is 21.1 Å². The molecular formula is C20H28N2O3. The van der Waals surface area contributed by atoms with Crippen molar-refractivity contribution in [2.45, 2.75) is 31.5 Å². The van der Waals surface area contributed by atoms with Crippen molar-refractivity contribution in [3.05, 3.63) is 59.7 Å². The summed E-state index contributed by atoms with van der Waals surface area (Å²) in [5.74, 6) is 1.23. The lowest BCUT2D eigenvalue weighted by Gasteiger charge is -2.30. The van der Waals surface area contributed by atoms with Crippen LogP contribution in [0.2, 0.25) is 0 Å². The molecule has 0 heterocycles. The van der Waals surface area contributed by atoms with Gasteiger partial charge in [-0.05, 0) is 37.1 Å². The maximum Gasteiger partial charge on any atom is 0.123 e. The average molecular weight is 344 g/mol. The molecule has 0 amide bonds. The molecule has 0 fully saturated rings. The summed E-state index contributed by atoms with van der Waals surface area (Å²) in [4.78, 5) is 0. The third kappa shape index (κ3) is 4.72. The molecule has 0 saturated heterocycles. The van der Waals surface area contributed by atoms with Gasteiger partial charge in [-0.3, -0.25) is 0 Å². The molecular weight excluding hydrogens is 316 g/mol. The molecule has 0 aliphatic heterocycles. The molecule has 2 aromatic rings. The highest BCUT2D eigenvalue weighted by atomic mass is 16.5. The highest BCUT2D eigenvalue weighted by Gasteiger charge is 2.28. The number of aliphatic hydroxyl groups excluding tert-OH is 1. The second kappa shape index (κ2) is 8.85. The van der Waals surface area contributed by atoms with Crippen LogP contribution in [-0.2, 0) is 0 Å². The lowest BCUT2D eigenvalue weighted by atomic mass is 9.83. The highest BCUT2D eigenvalue weighted by Crippen LogP contribution is 2.35. The van der Waals surface area contributed by atoms with Crippen molar-refractivity contribution in [2.24, 2.45) is 17.4 Å². The standard InChI is InChI=1S/C20H28N2O3/c1-13(23)16(20(22)14-7-5-4-6-8-14)12-18(21)17-11-15(24-2)9-10-19(17)25-3/h4-11,13,16,18,20,23H,12,21-22H2,1-3H3/t13-,16-,18?,20?/m1/s1. The van der Waals surface area contributed by atoms with Crippen LogP contribution in [0.5, 0.6) is 11.5 Å². The molecule has 0 aliphatic carbocycles. The first-order valence-corrected chi connectivity index (χ1v) is 8.44. The second-order valence-corrected chi connectivity index (χ2v) is 6.29. The molecule has 5 N–H and O–H groups in total. The summed E-state index contributed by atoms with van der Waals surface area (Å²) in [5.41, 5.74) is 14.7. The number of rotatable bonds is 8. The first-order valence-electron chi connectivity index (χ1n) is 8.44. The lowest BCUT2D eigenvalue weighted by Crippen LogP contribution is -2.33. The maximum absolute atomic E-state index is 10.3. The zero-order chi connectivity index (χ0) is 18.4. The summed E-state index contributed by atoms with van der Waals surface area (Å²) in [6.45, 7) is 1.75. The Kier molecular flexibility index (Phi) is 6.82. The van der Waals surface area contributed by atoms with Gasteiger partial charge >= 0.3 is 0 Å². The van der Waals surface area contributed by atoms with Gasteiger partial charge in [0, 0.05) is 23.6 Å². The van der Waals surface area contributed by atoms with Crippen LogP contribution in [0.25, 0.3) is 0 Å². The van der Waals surface area contributed by atoms with Gasteiger partial charge in [-0.25, -0.2) is 0 Å². The molecule has 0 radical (unpaired) electrons. The Morgan fingerprint density at radius 2 is 1.68 bits per heavy atom. The van der Waals surface area contributed by atoms with E-state index in [1.165, 1.54) is 0 Å². The zero-order valence-corrected chi connectivity index (χ0v) is 15.1. The molecule has 0 aromatic heterocycles. The van der Waals surface area contributed by atoms with Crippen LogP contribution in [0.4, 0.5) is 0 Å². The lowest BCUT2D eigenvalue weighted by molar-refractivity contribution is 0.0985. The second-order valence-electron chi connectivity index (χ2n) is 6.29. The largest absolute Gasteiger partial charge is 0.497 e. The van der Waals surface area contributed by atoms with Gasteiger partial charge in [-0.2, -0.15) is 0 Å². The van der Waals surface area contributed by atoms with Crippen LogP contribution in [0.3, 0.4) is 0 Å². The van der Waals surface area contributed by atoms with Crippen LogP contribution in [0.1, 0.15) is 36.6 Å². The normalized spacial score (nSPS) is 15.9. The monoisotopic (exact) mass is 344 g/mol. The number of nitrogens with two attached hydrogens (primary N) is 2. The molecule has 136 valence electrons. The van der Waals surface area contributed by atoms with Gasteiger partial charge in [0.25, 0.3) is 0 Å². The van der Waals surface area contributed by atoms with Gasteiger partial charge in [0.2, 0.25) is 0 Å². The molecule has 0 spiro atoms. The minimum Gasteiger partial charge on any atom is -0.497 e. The fraction of sp³-hybridized carbons (Fsp3) is 0.400. The molecule has 2 aromatic carbocycles. The van der Waals surface area contributed by atoms with E-state index in [9.17, 15) is 5.11 Å². The van der Waals surface area contributed by atoms with Crippen LogP contribution < -0.4 is 20.9 Å². The van der Waals surface area contributed by atoms with Gasteiger partial charge in [0.05, 0.1) is 20.3 Å². The first-order chi connectivity index (χ1) is 12.0. The molecule has 0 saturated carbocycles. The van der Waals surface area contributed by atoms with Gasteiger partial charge in [0.1, 0.15) is 11.5 Å².